The maximum Gasteiger partial charge on any atom is 0.407 e. The van der Waals surface area contributed by atoms with E-state index in [0.717, 1.165) is 24.8 Å². The number of hydrogen-bond acceptors (Lipinski definition) is 3. The van der Waals surface area contributed by atoms with E-state index >= 15 is 0 Å². The van der Waals surface area contributed by atoms with E-state index in [0.29, 0.717) is 6.54 Å². The van der Waals surface area contributed by atoms with Crippen LogP contribution in [0.3, 0.4) is 0 Å². The van der Waals surface area contributed by atoms with Gasteiger partial charge in [-0.15, -0.1) is 0 Å². The molecule has 0 aromatic heterocycles. The van der Waals surface area contributed by atoms with Crippen molar-refractivity contribution in [2.45, 2.75) is 45.6 Å². The summed E-state index contributed by atoms with van der Waals surface area (Å²) in [5.74, 6) is 0. The van der Waals surface area contributed by atoms with E-state index in [-0.39, 0.29) is 12.7 Å². The van der Waals surface area contributed by atoms with Crippen LogP contribution < -0.4 is 5.32 Å². The smallest absolute Gasteiger partial charge is 0.407 e. The molecule has 1 amide bonds. The first-order chi connectivity index (χ1) is 10.4. The molecule has 0 spiro atoms. The quantitative estimate of drug-likeness (QED) is 0.758. The molecular weight excluding hydrogens is 278 g/mol. The SMILES string of the molecule is CC(C)(C)OC(=O)NCCC=Cc1ccccc1CCCO. The average molecular weight is 305 g/mol. The molecule has 0 fully saturated rings. The van der Waals surface area contributed by atoms with Crippen molar-refractivity contribution in [3.05, 3.63) is 41.5 Å². The van der Waals surface area contributed by atoms with Crippen LogP contribution in [0.1, 0.15) is 44.7 Å². The van der Waals surface area contributed by atoms with E-state index in [1.165, 1.54) is 5.56 Å². The van der Waals surface area contributed by atoms with Crippen LogP contribution in [0.25, 0.3) is 6.08 Å². The second-order valence-electron chi connectivity index (χ2n) is 6.15. The van der Waals surface area contributed by atoms with Gasteiger partial charge in [-0.3, -0.25) is 0 Å². The number of carbonyl (C=O) groups is 1. The van der Waals surface area contributed by atoms with Crippen LogP contribution in [0.5, 0.6) is 0 Å². The summed E-state index contributed by atoms with van der Waals surface area (Å²) < 4.78 is 5.17. The predicted molar refractivity (Wildman–Crippen MR) is 89.7 cm³/mol. The fourth-order valence-electron chi connectivity index (χ4n) is 1.98. The van der Waals surface area contributed by atoms with Crippen molar-refractivity contribution < 1.29 is 14.6 Å². The molecule has 122 valence electrons. The second-order valence-corrected chi connectivity index (χ2v) is 6.15. The van der Waals surface area contributed by atoms with Gasteiger partial charge < -0.3 is 15.2 Å². The van der Waals surface area contributed by atoms with Crippen molar-refractivity contribution in [2.24, 2.45) is 0 Å². The Balaban J connectivity index is 2.39. The minimum atomic E-state index is -0.467. The summed E-state index contributed by atoms with van der Waals surface area (Å²) >= 11 is 0. The van der Waals surface area contributed by atoms with E-state index in [9.17, 15) is 4.79 Å². The molecule has 2 N–H and O–H groups in total. The number of ether oxygens (including phenoxy) is 1. The van der Waals surface area contributed by atoms with Gasteiger partial charge in [-0.25, -0.2) is 4.79 Å². The van der Waals surface area contributed by atoms with Gasteiger partial charge in [0.1, 0.15) is 5.60 Å². The van der Waals surface area contributed by atoms with Crippen molar-refractivity contribution in [3.8, 4) is 0 Å². The lowest BCUT2D eigenvalue weighted by Gasteiger charge is -2.19. The highest BCUT2D eigenvalue weighted by atomic mass is 16.6. The van der Waals surface area contributed by atoms with E-state index in [4.69, 9.17) is 9.84 Å². The van der Waals surface area contributed by atoms with E-state index in [2.05, 4.69) is 23.5 Å². The average Bonchev–Trinajstić information content (AvgIpc) is 2.44. The highest BCUT2D eigenvalue weighted by Gasteiger charge is 2.15. The normalized spacial score (nSPS) is 11.6. The van der Waals surface area contributed by atoms with E-state index in [1.54, 1.807) is 0 Å². The molecule has 1 aromatic carbocycles. The Morgan fingerprint density at radius 1 is 1.32 bits per heavy atom. The summed E-state index contributed by atoms with van der Waals surface area (Å²) in [5.41, 5.74) is 1.92. The maximum atomic E-state index is 11.5. The predicted octanol–water partition coefficient (Wildman–Crippen LogP) is 3.54. The van der Waals surface area contributed by atoms with Gasteiger partial charge in [-0.1, -0.05) is 36.4 Å². The summed E-state index contributed by atoms with van der Waals surface area (Å²) in [6.45, 7) is 6.28. The lowest BCUT2D eigenvalue weighted by molar-refractivity contribution is 0.0529. The molecule has 0 unspecified atom stereocenters. The summed E-state index contributed by atoms with van der Waals surface area (Å²) in [5, 5.41) is 11.7. The number of nitrogens with one attached hydrogen (secondary N) is 1. The zero-order chi connectivity index (χ0) is 16.4. The molecule has 0 aliphatic heterocycles. The number of alkyl carbamates (subject to hydrolysis) is 1. The van der Waals surface area contributed by atoms with Gasteiger partial charge in [0.2, 0.25) is 0 Å². The molecule has 0 radical (unpaired) electrons. The number of hydrogen-bond donors (Lipinski definition) is 2. The number of amides is 1. The lowest BCUT2D eigenvalue weighted by atomic mass is 10.0. The first-order valence-electron chi connectivity index (χ1n) is 7.74. The highest BCUT2D eigenvalue weighted by Crippen LogP contribution is 2.13. The zero-order valence-corrected chi connectivity index (χ0v) is 13.8. The molecule has 0 aliphatic carbocycles. The van der Waals surface area contributed by atoms with Crippen molar-refractivity contribution in [1.29, 1.82) is 0 Å². The monoisotopic (exact) mass is 305 g/mol. The second kappa shape index (κ2) is 9.26. The molecule has 22 heavy (non-hydrogen) atoms. The van der Waals surface area contributed by atoms with Gasteiger partial charge in [0.15, 0.2) is 0 Å². The van der Waals surface area contributed by atoms with Crippen LogP contribution in [0.15, 0.2) is 30.3 Å². The fourth-order valence-corrected chi connectivity index (χ4v) is 1.98. The fraction of sp³-hybridized carbons (Fsp3) is 0.500. The zero-order valence-electron chi connectivity index (χ0n) is 13.8. The summed E-state index contributed by atoms with van der Waals surface area (Å²) in [6.07, 6.45) is 6.09. The molecule has 0 saturated heterocycles. The van der Waals surface area contributed by atoms with Crippen molar-refractivity contribution in [3.63, 3.8) is 0 Å². The minimum Gasteiger partial charge on any atom is -0.444 e. The molecule has 0 bridgehead atoms. The van der Waals surface area contributed by atoms with Gasteiger partial charge in [-0.05, 0) is 51.2 Å². The Hall–Kier alpha value is -1.81. The Labute approximate surface area is 133 Å². The summed E-state index contributed by atoms with van der Waals surface area (Å²) in [6, 6.07) is 8.15. The Morgan fingerprint density at radius 2 is 2.05 bits per heavy atom. The molecular formula is C18H27NO3. The van der Waals surface area contributed by atoms with Crippen LogP contribution in [-0.2, 0) is 11.2 Å². The van der Waals surface area contributed by atoms with Gasteiger partial charge >= 0.3 is 6.09 Å². The maximum absolute atomic E-state index is 11.5. The molecule has 4 heteroatoms. The molecule has 0 heterocycles. The molecule has 0 atom stereocenters. The summed E-state index contributed by atoms with van der Waals surface area (Å²) in [7, 11) is 0. The van der Waals surface area contributed by atoms with Crippen LogP contribution in [0, 0.1) is 0 Å². The van der Waals surface area contributed by atoms with E-state index in [1.807, 2.05) is 39.0 Å². The minimum absolute atomic E-state index is 0.206. The van der Waals surface area contributed by atoms with Gasteiger partial charge in [0, 0.05) is 13.2 Å². The molecule has 1 rings (SSSR count). The third-order valence-electron chi connectivity index (χ3n) is 2.94. The van der Waals surface area contributed by atoms with Crippen molar-refractivity contribution in [1.82, 2.24) is 5.32 Å². The largest absolute Gasteiger partial charge is 0.444 e. The van der Waals surface area contributed by atoms with E-state index < -0.39 is 5.60 Å². The number of carbonyl (C=O) groups excluding carboxylic acids is 1. The number of aliphatic hydroxyl groups excluding tert-OH is 1. The van der Waals surface area contributed by atoms with Crippen LogP contribution >= 0.6 is 0 Å². The van der Waals surface area contributed by atoms with Gasteiger partial charge in [-0.2, -0.15) is 0 Å². The third-order valence-corrected chi connectivity index (χ3v) is 2.94. The Bertz CT molecular complexity index is 489. The van der Waals surface area contributed by atoms with Crippen LogP contribution in [0.2, 0.25) is 0 Å². The molecule has 1 aromatic rings. The van der Waals surface area contributed by atoms with Crippen molar-refractivity contribution >= 4 is 12.2 Å². The van der Waals surface area contributed by atoms with Gasteiger partial charge in [0.25, 0.3) is 0 Å². The Morgan fingerprint density at radius 3 is 2.73 bits per heavy atom. The van der Waals surface area contributed by atoms with Crippen LogP contribution in [-0.4, -0.2) is 30.0 Å². The number of rotatable bonds is 7. The third kappa shape index (κ3) is 7.84. The van der Waals surface area contributed by atoms with Crippen molar-refractivity contribution in [2.75, 3.05) is 13.2 Å². The number of aryl methyl sites for hydroxylation is 1. The summed E-state index contributed by atoms with van der Waals surface area (Å²) in [4.78, 5) is 11.5. The highest BCUT2D eigenvalue weighted by molar-refractivity contribution is 5.67. The van der Waals surface area contributed by atoms with Crippen LogP contribution in [0.4, 0.5) is 4.79 Å². The Kier molecular flexibility index (Phi) is 7.67. The lowest BCUT2D eigenvalue weighted by Crippen LogP contribution is -2.32. The first-order valence-corrected chi connectivity index (χ1v) is 7.74. The number of benzene rings is 1. The molecule has 0 saturated carbocycles. The molecule has 4 nitrogen and oxygen atoms in total. The topological polar surface area (TPSA) is 58.6 Å². The standard InChI is InChI=1S/C18H27NO3/c1-18(2,3)22-17(21)19-13-7-6-11-15-9-4-5-10-16(15)12-8-14-20/h4-6,9-11,20H,7-8,12-14H2,1-3H3,(H,19,21). The molecule has 0 aliphatic rings. The number of aliphatic hydroxyl groups is 1. The first kappa shape index (κ1) is 18.2. The van der Waals surface area contributed by atoms with Gasteiger partial charge in [0.05, 0.1) is 0 Å².